The predicted molar refractivity (Wildman–Crippen MR) is 78.3 cm³/mol. The number of ether oxygens (including phenoxy) is 1. The zero-order valence-corrected chi connectivity index (χ0v) is 12.6. The van der Waals surface area contributed by atoms with Gasteiger partial charge in [-0.2, -0.15) is 0 Å². The molecular formula is C14H16BrN3O2. The van der Waals surface area contributed by atoms with Crippen molar-refractivity contribution in [2.24, 2.45) is 0 Å². The summed E-state index contributed by atoms with van der Waals surface area (Å²) in [6.07, 6.45) is 6.44. The summed E-state index contributed by atoms with van der Waals surface area (Å²) >= 11 is 3.42. The lowest BCUT2D eigenvalue weighted by molar-refractivity contribution is -0.123. The van der Waals surface area contributed by atoms with Crippen LogP contribution in [-0.2, 0) is 16.1 Å². The molecule has 5 nitrogen and oxygen atoms in total. The zero-order valence-electron chi connectivity index (χ0n) is 11.0. The Kier molecular flexibility index (Phi) is 4.03. The van der Waals surface area contributed by atoms with Crippen molar-refractivity contribution in [2.75, 3.05) is 6.61 Å². The van der Waals surface area contributed by atoms with Crippen LogP contribution in [0.2, 0.25) is 0 Å². The summed E-state index contributed by atoms with van der Waals surface area (Å²) in [5.74, 6) is 0.0233. The Morgan fingerprint density at radius 3 is 3.20 bits per heavy atom. The molecule has 1 aliphatic rings. The molecule has 0 unspecified atom stereocenters. The van der Waals surface area contributed by atoms with Crippen LogP contribution in [0.3, 0.4) is 0 Å². The van der Waals surface area contributed by atoms with Gasteiger partial charge in [-0.1, -0.05) is 0 Å². The fraction of sp³-hybridized carbons (Fsp3) is 0.429. The first-order chi connectivity index (χ1) is 9.70. The minimum Gasteiger partial charge on any atom is -0.378 e. The van der Waals surface area contributed by atoms with Gasteiger partial charge in [-0.15, -0.1) is 0 Å². The molecular weight excluding hydrogens is 322 g/mol. The summed E-state index contributed by atoms with van der Waals surface area (Å²) in [4.78, 5) is 16.3. The van der Waals surface area contributed by atoms with E-state index in [1.807, 2.05) is 28.9 Å². The molecule has 1 atom stereocenters. The first-order valence-electron chi connectivity index (χ1n) is 6.72. The second-order valence-electron chi connectivity index (χ2n) is 4.96. The van der Waals surface area contributed by atoms with Crippen molar-refractivity contribution >= 4 is 27.5 Å². The monoisotopic (exact) mass is 337 g/mol. The Labute approximate surface area is 125 Å². The summed E-state index contributed by atoms with van der Waals surface area (Å²) in [6, 6.07) is 3.88. The van der Waals surface area contributed by atoms with Crippen molar-refractivity contribution in [3.63, 3.8) is 0 Å². The molecule has 3 heterocycles. The molecule has 1 aliphatic heterocycles. The topological polar surface area (TPSA) is 55.6 Å². The fourth-order valence-corrected chi connectivity index (χ4v) is 2.73. The molecule has 2 aromatic rings. The van der Waals surface area contributed by atoms with E-state index < -0.39 is 0 Å². The average Bonchev–Trinajstić information content (AvgIpc) is 3.04. The number of nitrogens with zero attached hydrogens (tertiary/aromatic N) is 2. The molecule has 0 saturated carbocycles. The molecule has 0 spiro atoms. The molecule has 106 valence electrons. The van der Waals surface area contributed by atoms with E-state index in [9.17, 15) is 4.79 Å². The third-order valence-electron chi connectivity index (χ3n) is 3.37. The summed E-state index contributed by atoms with van der Waals surface area (Å²) in [7, 11) is 0. The van der Waals surface area contributed by atoms with E-state index in [1.165, 1.54) is 0 Å². The van der Waals surface area contributed by atoms with E-state index in [1.54, 1.807) is 0 Å². The Bertz CT molecular complexity index is 620. The predicted octanol–water partition coefficient (Wildman–Crippen LogP) is 2.28. The molecule has 1 amide bonds. The van der Waals surface area contributed by atoms with Crippen LogP contribution in [-0.4, -0.2) is 28.0 Å². The Balaban J connectivity index is 1.57. The number of imidazole rings is 1. The highest BCUT2D eigenvalue weighted by Crippen LogP contribution is 2.15. The van der Waals surface area contributed by atoms with Crippen molar-refractivity contribution in [2.45, 2.75) is 31.9 Å². The van der Waals surface area contributed by atoms with Gasteiger partial charge < -0.3 is 14.5 Å². The lowest BCUT2D eigenvalue weighted by Gasteiger charge is -2.08. The molecule has 1 fully saturated rings. The van der Waals surface area contributed by atoms with E-state index in [2.05, 4.69) is 26.2 Å². The van der Waals surface area contributed by atoms with E-state index >= 15 is 0 Å². The third-order valence-corrected chi connectivity index (χ3v) is 3.84. The van der Waals surface area contributed by atoms with Crippen molar-refractivity contribution in [1.82, 2.24) is 14.7 Å². The molecule has 2 aromatic heterocycles. The molecule has 6 heteroatoms. The maximum atomic E-state index is 11.8. The van der Waals surface area contributed by atoms with E-state index in [-0.39, 0.29) is 12.0 Å². The number of halogens is 1. The van der Waals surface area contributed by atoms with Crippen LogP contribution in [0, 0.1) is 0 Å². The van der Waals surface area contributed by atoms with Gasteiger partial charge in [-0.25, -0.2) is 4.98 Å². The Morgan fingerprint density at radius 1 is 1.50 bits per heavy atom. The van der Waals surface area contributed by atoms with Gasteiger partial charge in [0.1, 0.15) is 5.65 Å². The van der Waals surface area contributed by atoms with Gasteiger partial charge in [0.2, 0.25) is 5.91 Å². The summed E-state index contributed by atoms with van der Waals surface area (Å²) in [5.41, 5.74) is 1.72. The van der Waals surface area contributed by atoms with Crippen molar-refractivity contribution < 1.29 is 9.53 Å². The second kappa shape index (κ2) is 5.93. The molecule has 1 saturated heterocycles. The third kappa shape index (κ3) is 3.19. The molecule has 3 rings (SSSR count). The molecule has 0 aliphatic carbocycles. The minimum atomic E-state index is 0.0233. The number of fused-ring (bicyclic) bond motifs is 1. The summed E-state index contributed by atoms with van der Waals surface area (Å²) in [6.45, 7) is 1.23. The number of hydrogen-bond donors (Lipinski definition) is 1. The van der Waals surface area contributed by atoms with Gasteiger partial charge in [0.25, 0.3) is 0 Å². The van der Waals surface area contributed by atoms with Crippen LogP contribution in [0.4, 0.5) is 0 Å². The van der Waals surface area contributed by atoms with Gasteiger partial charge >= 0.3 is 0 Å². The van der Waals surface area contributed by atoms with Crippen molar-refractivity contribution in [1.29, 1.82) is 0 Å². The van der Waals surface area contributed by atoms with Crippen LogP contribution < -0.4 is 5.32 Å². The smallest absolute Gasteiger partial charge is 0.222 e. The van der Waals surface area contributed by atoms with E-state index in [0.29, 0.717) is 13.0 Å². The highest BCUT2D eigenvalue weighted by molar-refractivity contribution is 9.10. The normalized spacial score (nSPS) is 18.6. The highest BCUT2D eigenvalue weighted by atomic mass is 79.9. The van der Waals surface area contributed by atoms with E-state index in [4.69, 9.17) is 4.74 Å². The minimum absolute atomic E-state index is 0.0233. The first-order valence-corrected chi connectivity index (χ1v) is 7.51. The summed E-state index contributed by atoms with van der Waals surface area (Å²) < 4.78 is 8.38. The van der Waals surface area contributed by atoms with Crippen molar-refractivity contribution in [3.8, 4) is 0 Å². The second-order valence-corrected chi connectivity index (χ2v) is 5.88. The summed E-state index contributed by atoms with van der Waals surface area (Å²) in [5, 5.41) is 2.89. The quantitative estimate of drug-likeness (QED) is 0.931. The Morgan fingerprint density at radius 2 is 2.40 bits per heavy atom. The van der Waals surface area contributed by atoms with Crippen LogP contribution in [0.1, 0.15) is 25.0 Å². The highest BCUT2D eigenvalue weighted by Gasteiger charge is 2.18. The van der Waals surface area contributed by atoms with Crippen LogP contribution in [0.5, 0.6) is 0 Å². The van der Waals surface area contributed by atoms with Crippen LogP contribution in [0.15, 0.2) is 29.0 Å². The largest absolute Gasteiger partial charge is 0.378 e. The maximum absolute atomic E-state index is 11.8. The number of carbonyl (C=O) groups is 1. The number of rotatable bonds is 4. The number of nitrogens with one attached hydrogen (secondary N) is 1. The number of carbonyl (C=O) groups excluding carboxylic acids is 1. The first kappa shape index (κ1) is 13.6. The number of aromatic nitrogens is 2. The molecule has 20 heavy (non-hydrogen) atoms. The lowest BCUT2D eigenvalue weighted by atomic mass is 10.2. The fourth-order valence-electron chi connectivity index (χ4n) is 2.38. The van der Waals surface area contributed by atoms with Gasteiger partial charge in [-0.05, 0) is 40.9 Å². The molecule has 1 N–H and O–H groups in total. The number of hydrogen-bond acceptors (Lipinski definition) is 3. The van der Waals surface area contributed by atoms with Crippen molar-refractivity contribution in [3.05, 3.63) is 34.7 Å². The van der Waals surface area contributed by atoms with Crippen LogP contribution >= 0.6 is 15.9 Å². The van der Waals surface area contributed by atoms with E-state index in [0.717, 1.165) is 35.3 Å². The SMILES string of the molecule is O=C(C[C@@H]1CCCO1)NCc1cn2cc(Br)ccc2n1. The molecule has 0 radical (unpaired) electrons. The van der Waals surface area contributed by atoms with Gasteiger partial charge in [0, 0.05) is 23.5 Å². The van der Waals surface area contributed by atoms with Crippen LogP contribution in [0.25, 0.3) is 5.65 Å². The zero-order chi connectivity index (χ0) is 13.9. The average molecular weight is 338 g/mol. The Hall–Kier alpha value is -1.40. The maximum Gasteiger partial charge on any atom is 0.222 e. The molecule has 0 aromatic carbocycles. The van der Waals surface area contributed by atoms with Gasteiger partial charge in [0.15, 0.2) is 0 Å². The van der Waals surface area contributed by atoms with Gasteiger partial charge in [0.05, 0.1) is 24.8 Å². The number of amides is 1. The molecule has 0 bridgehead atoms. The lowest BCUT2D eigenvalue weighted by Crippen LogP contribution is -2.26. The number of pyridine rings is 1. The standard InChI is InChI=1S/C14H16BrN3O2/c15-10-3-4-13-17-11(9-18(13)8-10)7-16-14(19)6-12-2-1-5-20-12/h3-4,8-9,12H,1-2,5-7H2,(H,16,19)/t12-/m0/s1. The van der Waals surface area contributed by atoms with Gasteiger partial charge in [-0.3, -0.25) is 4.79 Å².